The van der Waals surface area contributed by atoms with Gasteiger partial charge in [-0.3, -0.25) is 4.79 Å². The zero-order valence-electron chi connectivity index (χ0n) is 12.8. The Bertz CT molecular complexity index is 249. The van der Waals surface area contributed by atoms with Crippen molar-refractivity contribution in [3.63, 3.8) is 0 Å². The second kappa shape index (κ2) is 7.74. The fraction of sp³-hybridized carbons (Fsp3) is 0.929. The topological polar surface area (TPSA) is 47.6 Å². The molecule has 0 atom stereocenters. The largest absolute Gasteiger partial charge is 0.384 e. The highest BCUT2D eigenvalue weighted by molar-refractivity contribution is 5.75. The number of ether oxygens (including phenoxy) is 2. The summed E-state index contributed by atoms with van der Waals surface area (Å²) in [6, 6.07) is 0. The summed E-state index contributed by atoms with van der Waals surface area (Å²) >= 11 is 0. The van der Waals surface area contributed by atoms with Crippen LogP contribution in [0, 0.1) is 10.8 Å². The molecule has 0 bridgehead atoms. The second-order valence-corrected chi connectivity index (χ2v) is 6.38. The Morgan fingerprint density at radius 1 is 1.06 bits per heavy atom. The lowest BCUT2D eigenvalue weighted by Gasteiger charge is -2.28. The summed E-state index contributed by atoms with van der Waals surface area (Å²) in [5.74, 6) is 0.0859. The van der Waals surface area contributed by atoms with E-state index in [4.69, 9.17) is 9.47 Å². The molecule has 108 valence electrons. The van der Waals surface area contributed by atoms with Crippen molar-refractivity contribution in [2.24, 2.45) is 10.8 Å². The number of nitrogens with one attached hydrogen (secondary N) is 1. The monoisotopic (exact) mass is 259 g/mol. The minimum absolute atomic E-state index is 0.0253. The summed E-state index contributed by atoms with van der Waals surface area (Å²) in [5, 5.41) is 2.90. The van der Waals surface area contributed by atoms with Crippen molar-refractivity contribution in [3.8, 4) is 0 Å². The van der Waals surface area contributed by atoms with Gasteiger partial charge in [-0.15, -0.1) is 0 Å². The van der Waals surface area contributed by atoms with Gasteiger partial charge in [0.25, 0.3) is 0 Å². The average molecular weight is 259 g/mol. The SMILES string of the molecule is CCC(=O)NCC(C)(C)COCC(C)(C)COC. The molecule has 0 heterocycles. The Kier molecular flexibility index (Phi) is 7.48. The van der Waals surface area contributed by atoms with Crippen LogP contribution in [0.3, 0.4) is 0 Å². The third-order valence-corrected chi connectivity index (χ3v) is 2.61. The van der Waals surface area contributed by atoms with Gasteiger partial charge in [-0.1, -0.05) is 34.6 Å². The highest BCUT2D eigenvalue weighted by Gasteiger charge is 2.22. The van der Waals surface area contributed by atoms with Gasteiger partial charge in [0, 0.05) is 30.9 Å². The highest BCUT2D eigenvalue weighted by Crippen LogP contribution is 2.19. The van der Waals surface area contributed by atoms with Gasteiger partial charge in [0.05, 0.1) is 19.8 Å². The standard InChI is InChI=1S/C14H29NO3/c1-7-12(16)15-8-13(2,3)10-18-11-14(4,5)9-17-6/h7-11H2,1-6H3,(H,15,16). The van der Waals surface area contributed by atoms with E-state index < -0.39 is 0 Å². The van der Waals surface area contributed by atoms with Crippen molar-refractivity contribution >= 4 is 5.91 Å². The molecule has 0 fully saturated rings. The van der Waals surface area contributed by atoms with E-state index in [1.54, 1.807) is 7.11 Å². The van der Waals surface area contributed by atoms with Crippen LogP contribution in [0.1, 0.15) is 41.0 Å². The summed E-state index contributed by atoms with van der Waals surface area (Å²) in [6.45, 7) is 12.9. The van der Waals surface area contributed by atoms with Crippen molar-refractivity contribution < 1.29 is 14.3 Å². The fourth-order valence-corrected chi connectivity index (χ4v) is 1.55. The van der Waals surface area contributed by atoms with Crippen molar-refractivity contribution in [2.45, 2.75) is 41.0 Å². The van der Waals surface area contributed by atoms with Crippen LogP contribution in [0.4, 0.5) is 0 Å². The number of methoxy groups -OCH3 is 1. The number of rotatable bonds is 9. The maximum Gasteiger partial charge on any atom is 0.219 e. The maximum atomic E-state index is 11.2. The molecule has 0 aliphatic carbocycles. The molecule has 0 radical (unpaired) electrons. The Labute approximate surface area is 111 Å². The van der Waals surface area contributed by atoms with Crippen LogP contribution in [-0.4, -0.2) is 39.4 Å². The molecular weight excluding hydrogens is 230 g/mol. The molecule has 1 amide bonds. The van der Waals surface area contributed by atoms with Crippen LogP contribution in [0.2, 0.25) is 0 Å². The lowest BCUT2D eigenvalue weighted by molar-refractivity contribution is -0.121. The van der Waals surface area contributed by atoms with Gasteiger partial charge in [-0.05, 0) is 0 Å². The van der Waals surface area contributed by atoms with Crippen LogP contribution in [0.15, 0.2) is 0 Å². The summed E-state index contributed by atoms with van der Waals surface area (Å²) < 4.78 is 10.9. The van der Waals surface area contributed by atoms with Gasteiger partial charge in [-0.2, -0.15) is 0 Å². The Morgan fingerprint density at radius 2 is 1.61 bits per heavy atom. The van der Waals surface area contributed by atoms with Gasteiger partial charge < -0.3 is 14.8 Å². The number of hydrogen-bond donors (Lipinski definition) is 1. The predicted octanol–water partition coefficient (Wildman–Crippen LogP) is 2.23. The average Bonchev–Trinajstić information content (AvgIpc) is 2.25. The minimum Gasteiger partial charge on any atom is -0.384 e. The van der Waals surface area contributed by atoms with Crippen LogP contribution >= 0.6 is 0 Å². The number of hydrogen-bond acceptors (Lipinski definition) is 3. The smallest absolute Gasteiger partial charge is 0.219 e. The zero-order valence-corrected chi connectivity index (χ0v) is 12.8. The first kappa shape index (κ1) is 17.4. The third kappa shape index (κ3) is 8.48. The molecule has 0 saturated carbocycles. The van der Waals surface area contributed by atoms with Crippen LogP contribution < -0.4 is 5.32 Å². The normalized spacial score (nSPS) is 12.6. The number of amides is 1. The van der Waals surface area contributed by atoms with E-state index >= 15 is 0 Å². The molecule has 18 heavy (non-hydrogen) atoms. The Balaban J connectivity index is 3.92. The summed E-state index contributed by atoms with van der Waals surface area (Å²) in [5.41, 5.74) is -0.0223. The molecule has 0 saturated heterocycles. The van der Waals surface area contributed by atoms with E-state index in [0.717, 1.165) is 0 Å². The Hall–Kier alpha value is -0.610. The van der Waals surface area contributed by atoms with E-state index in [-0.39, 0.29) is 16.7 Å². The van der Waals surface area contributed by atoms with Crippen molar-refractivity contribution in [2.75, 3.05) is 33.5 Å². The van der Waals surface area contributed by atoms with Gasteiger partial charge in [-0.25, -0.2) is 0 Å². The number of carbonyl (C=O) groups is 1. The van der Waals surface area contributed by atoms with Crippen LogP contribution in [0.5, 0.6) is 0 Å². The van der Waals surface area contributed by atoms with E-state index in [2.05, 4.69) is 33.0 Å². The van der Waals surface area contributed by atoms with Gasteiger partial charge >= 0.3 is 0 Å². The van der Waals surface area contributed by atoms with Gasteiger partial charge in [0.15, 0.2) is 0 Å². The first-order chi connectivity index (χ1) is 8.22. The molecular formula is C14H29NO3. The molecule has 4 heteroatoms. The van der Waals surface area contributed by atoms with Crippen molar-refractivity contribution in [1.82, 2.24) is 5.32 Å². The molecule has 0 aromatic heterocycles. The molecule has 0 aromatic carbocycles. The molecule has 0 aliphatic heterocycles. The number of carbonyl (C=O) groups excluding carboxylic acids is 1. The van der Waals surface area contributed by atoms with Crippen molar-refractivity contribution in [1.29, 1.82) is 0 Å². The van der Waals surface area contributed by atoms with Crippen LogP contribution in [0.25, 0.3) is 0 Å². The van der Waals surface area contributed by atoms with Crippen molar-refractivity contribution in [3.05, 3.63) is 0 Å². The third-order valence-electron chi connectivity index (χ3n) is 2.61. The maximum absolute atomic E-state index is 11.2. The molecule has 0 aliphatic rings. The quantitative estimate of drug-likeness (QED) is 0.690. The molecule has 1 N–H and O–H groups in total. The zero-order chi connectivity index (χ0) is 14.2. The second-order valence-electron chi connectivity index (χ2n) is 6.38. The molecule has 0 aromatic rings. The molecule has 0 spiro atoms. The van der Waals surface area contributed by atoms with Gasteiger partial charge in [0.1, 0.15) is 0 Å². The molecule has 0 rings (SSSR count). The first-order valence-electron chi connectivity index (χ1n) is 6.56. The lowest BCUT2D eigenvalue weighted by Crippen LogP contribution is -2.37. The molecule has 4 nitrogen and oxygen atoms in total. The summed E-state index contributed by atoms with van der Waals surface area (Å²) in [4.78, 5) is 11.2. The van der Waals surface area contributed by atoms with E-state index in [1.807, 2.05) is 6.92 Å². The van der Waals surface area contributed by atoms with Gasteiger partial charge in [0.2, 0.25) is 5.91 Å². The predicted molar refractivity (Wildman–Crippen MR) is 73.6 cm³/mol. The van der Waals surface area contributed by atoms with E-state index in [0.29, 0.717) is 32.8 Å². The molecule has 0 unspecified atom stereocenters. The summed E-state index contributed by atoms with van der Waals surface area (Å²) in [7, 11) is 1.70. The Morgan fingerprint density at radius 3 is 2.11 bits per heavy atom. The van der Waals surface area contributed by atoms with E-state index in [1.165, 1.54) is 0 Å². The first-order valence-corrected chi connectivity index (χ1v) is 6.56. The van der Waals surface area contributed by atoms with E-state index in [9.17, 15) is 4.79 Å². The highest BCUT2D eigenvalue weighted by atomic mass is 16.5. The summed E-state index contributed by atoms with van der Waals surface area (Å²) in [6.07, 6.45) is 0.526. The fourth-order valence-electron chi connectivity index (χ4n) is 1.55. The minimum atomic E-state index is -0.0476. The lowest BCUT2D eigenvalue weighted by atomic mass is 9.93. The van der Waals surface area contributed by atoms with Crippen LogP contribution in [-0.2, 0) is 14.3 Å².